The van der Waals surface area contributed by atoms with E-state index in [1.807, 2.05) is 36.4 Å². The lowest BCUT2D eigenvalue weighted by molar-refractivity contribution is -0.132. The number of fused-ring (bicyclic) bond motifs is 2. The van der Waals surface area contributed by atoms with Crippen LogP contribution in [0.5, 0.6) is 5.75 Å². The van der Waals surface area contributed by atoms with Gasteiger partial charge in [0.1, 0.15) is 12.4 Å². The number of hydrogen-bond donors (Lipinski definition) is 1. The molecular weight excluding hydrogens is 216 g/mol. The van der Waals surface area contributed by atoms with Crippen LogP contribution in [0.2, 0.25) is 0 Å². The molecule has 1 aliphatic heterocycles. The summed E-state index contributed by atoms with van der Waals surface area (Å²) in [4.78, 5) is 10.9. The van der Waals surface area contributed by atoms with Gasteiger partial charge in [-0.2, -0.15) is 0 Å². The number of carbonyl (C=O) groups is 1. The Morgan fingerprint density at radius 3 is 2.59 bits per heavy atom. The van der Waals surface area contributed by atoms with Gasteiger partial charge in [-0.25, -0.2) is 4.79 Å². The van der Waals surface area contributed by atoms with Crippen LogP contribution in [0, 0.1) is 0 Å². The summed E-state index contributed by atoms with van der Waals surface area (Å²) in [5.74, 6) is -0.183. The zero-order valence-electron chi connectivity index (χ0n) is 9.01. The smallest absolute Gasteiger partial charge is 0.335 e. The highest BCUT2D eigenvalue weighted by Gasteiger charge is 2.16. The molecule has 1 aliphatic rings. The van der Waals surface area contributed by atoms with E-state index in [4.69, 9.17) is 9.84 Å². The van der Waals surface area contributed by atoms with E-state index in [0.29, 0.717) is 0 Å². The van der Waals surface area contributed by atoms with E-state index in [2.05, 4.69) is 0 Å². The van der Waals surface area contributed by atoms with Crippen LogP contribution in [0.15, 0.2) is 42.0 Å². The molecule has 0 radical (unpaired) electrons. The van der Waals surface area contributed by atoms with Gasteiger partial charge in [-0.1, -0.05) is 24.3 Å². The standard InChI is InChI=1S/C14H10O3/c15-14(16)12-6-11-5-9-3-1-2-4-10(9)7-13(11)17-8-12/h1-7H,8H2,(H,15,16). The van der Waals surface area contributed by atoms with Crippen molar-refractivity contribution in [1.29, 1.82) is 0 Å². The van der Waals surface area contributed by atoms with Gasteiger partial charge in [-0.15, -0.1) is 0 Å². The Morgan fingerprint density at radius 1 is 1.18 bits per heavy atom. The second kappa shape index (κ2) is 3.63. The number of carboxylic acid groups (broad SMARTS) is 1. The minimum Gasteiger partial charge on any atom is -0.488 e. The first-order valence-corrected chi connectivity index (χ1v) is 5.33. The number of ether oxygens (including phenoxy) is 1. The first kappa shape index (κ1) is 9.90. The fourth-order valence-corrected chi connectivity index (χ4v) is 1.98. The zero-order valence-corrected chi connectivity index (χ0v) is 9.01. The molecule has 0 saturated carbocycles. The summed E-state index contributed by atoms with van der Waals surface area (Å²) in [6.07, 6.45) is 1.67. The van der Waals surface area contributed by atoms with Gasteiger partial charge in [-0.3, -0.25) is 0 Å². The summed E-state index contributed by atoms with van der Waals surface area (Å²) in [5, 5.41) is 11.1. The molecule has 0 aromatic heterocycles. The third-order valence-corrected chi connectivity index (χ3v) is 2.87. The lowest BCUT2D eigenvalue weighted by Crippen LogP contribution is -2.14. The van der Waals surface area contributed by atoms with Crippen LogP contribution in [-0.2, 0) is 4.79 Å². The van der Waals surface area contributed by atoms with Gasteiger partial charge in [0.2, 0.25) is 0 Å². The number of hydrogen-bond acceptors (Lipinski definition) is 2. The molecule has 0 amide bonds. The van der Waals surface area contributed by atoms with E-state index in [1.54, 1.807) is 6.08 Å². The van der Waals surface area contributed by atoms with Gasteiger partial charge in [-0.05, 0) is 29.0 Å². The molecule has 3 rings (SSSR count). The second-order valence-electron chi connectivity index (χ2n) is 4.00. The predicted molar refractivity (Wildman–Crippen MR) is 65.1 cm³/mol. The molecule has 0 fully saturated rings. The molecule has 0 spiro atoms. The molecule has 1 N–H and O–H groups in total. The maximum atomic E-state index is 10.9. The number of benzene rings is 2. The summed E-state index contributed by atoms with van der Waals surface area (Å²) in [6, 6.07) is 11.8. The molecule has 0 atom stereocenters. The van der Waals surface area contributed by atoms with Crippen LogP contribution < -0.4 is 4.74 Å². The van der Waals surface area contributed by atoms with E-state index in [1.165, 1.54) is 0 Å². The van der Waals surface area contributed by atoms with Crippen LogP contribution in [0.25, 0.3) is 16.8 Å². The van der Waals surface area contributed by atoms with Crippen molar-refractivity contribution in [1.82, 2.24) is 0 Å². The molecule has 2 aromatic carbocycles. The van der Waals surface area contributed by atoms with Crippen LogP contribution in [0.3, 0.4) is 0 Å². The molecule has 0 unspecified atom stereocenters. The predicted octanol–water partition coefficient (Wildman–Crippen LogP) is 2.70. The SMILES string of the molecule is O=C(O)C1=Cc2cc3ccccc3cc2OC1. The second-order valence-corrected chi connectivity index (χ2v) is 4.00. The third-order valence-electron chi connectivity index (χ3n) is 2.87. The maximum Gasteiger partial charge on any atom is 0.335 e. The molecule has 0 bridgehead atoms. The van der Waals surface area contributed by atoms with Crippen LogP contribution in [0.4, 0.5) is 0 Å². The van der Waals surface area contributed by atoms with Crippen molar-refractivity contribution in [3.05, 3.63) is 47.5 Å². The Kier molecular flexibility index (Phi) is 2.11. The Bertz CT molecular complexity index is 641. The van der Waals surface area contributed by atoms with Crippen LogP contribution in [0.1, 0.15) is 5.56 Å². The maximum absolute atomic E-state index is 10.9. The first-order valence-electron chi connectivity index (χ1n) is 5.33. The highest BCUT2D eigenvalue weighted by molar-refractivity contribution is 5.96. The molecule has 3 nitrogen and oxygen atoms in total. The molecule has 0 saturated heterocycles. The van der Waals surface area contributed by atoms with Gasteiger partial charge < -0.3 is 9.84 Å². The van der Waals surface area contributed by atoms with E-state index in [0.717, 1.165) is 22.1 Å². The van der Waals surface area contributed by atoms with Crippen molar-refractivity contribution in [3.63, 3.8) is 0 Å². The molecular formula is C14H10O3. The van der Waals surface area contributed by atoms with Crippen molar-refractivity contribution in [3.8, 4) is 5.75 Å². The lowest BCUT2D eigenvalue weighted by Gasteiger charge is -2.16. The van der Waals surface area contributed by atoms with Crippen molar-refractivity contribution in [2.75, 3.05) is 6.61 Å². The van der Waals surface area contributed by atoms with Gasteiger partial charge in [0, 0.05) is 5.56 Å². The fraction of sp³-hybridized carbons (Fsp3) is 0.0714. The van der Waals surface area contributed by atoms with Gasteiger partial charge in [0.15, 0.2) is 0 Å². The zero-order chi connectivity index (χ0) is 11.8. The summed E-state index contributed by atoms with van der Waals surface area (Å²) in [5.41, 5.74) is 1.11. The quantitative estimate of drug-likeness (QED) is 0.813. The van der Waals surface area contributed by atoms with E-state index in [-0.39, 0.29) is 12.2 Å². The lowest BCUT2D eigenvalue weighted by atomic mass is 10.0. The van der Waals surface area contributed by atoms with Gasteiger partial charge >= 0.3 is 5.97 Å². The van der Waals surface area contributed by atoms with Crippen molar-refractivity contribution in [2.24, 2.45) is 0 Å². The molecule has 0 aliphatic carbocycles. The third kappa shape index (κ3) is 1.65. The highest BCUT2D eigenvalue weighted by Crippen LogP contribution is 2.31. The number of aliphatic carboxylic acids is 1. The van der Waals surface area contributed by atoms with E-state index >= 15 is 0 Å². The molecule has 3 heteroatoms. The molecule has 2 aromatic rings. The van der Waals surface area contributed by atoms with Gasteiger partial charge in [0.05, 0.1) is 5.57 Å². The average molecular weight is 226 g/mol. The summed E-state index contributed by atoms with van der Waals surface area (Å²) >= 11 is 0. The van der Waals surface area contributed by atoms with E-state index in [9.17, 15) is 4.79 Å². The highest BCUT2D eigenvalue weighted by atomic mass is 16.5. The first-order chi connectivity index (χ1) is 8.24. The Balaban J connectivity index is 2.20. The molecule has 84 valence electrons. The van der Waals surface area contributed by atoms with E-state index < -0.39 is 5.97 Å². The number of carboxylic acids is 1. The minimum absolute atomic E-state index is 0.126. The normalized spacial score (nSPS) is 13.8. The summed E-state index contributed by atoms with van der Waals surface area (Å²) < 4.78 is 5.46. The van der Waals surface area contributed by atoms with Crippen molar-refractivity contribution in [2.45, 2.75) is 0 Å². The minimum atomic E-state index is -0.927. The fourth-order valence-electron chi connectivity index (χ4n) is 1.98. The number of rotatable bonds is 1. The Hall–Kier alpha value is -2.29. The van der Waals surface area contributed by atoms with Crippen molar-refractivity contribution < 1.29 is 14.6 Å². The largest absolute Gasteiger partial charge is 0.488 e. The molecule has 1 heterocycles. The topological polar surface area (TPSA) is 46.5 Å². The monoisotopic (exact) mass is 226 g/mol. The van der Waals surface area contributed by atoms with Crippen LogP contribution in [-0.4, -0.2) is 17.7 Å². The Labute approximate surface area is 97.9 Å². The van der Waals surface area contributed by atoms with Crippen LogP contribution >= 0.6 is 0 Å². The summed E-state index contributed by atoms with van der Waals surface area (Å²) in [7, 11) is 0. The van der Waals surface area contributed by atoms with Gasteiger partial charge in [0.25, 0.3) is 0 Å². The summed E-state index contributed by atoms with van der Waals surface area (Å²) in [6.45, 7) is 0.126. The Morgan fingerprint density at radius 2 is 1.88 bits per heavy atom. The van der Waals surface area contributed by atoms with Crippen molar-refractivity contribution >= 4 is 22.8 Å². The molecule has 17 heavy (non-hydrogen) atoms. The average Bonchev–Trinajstić information content (AvgIpc) is 2.35.